The Hall–Kier alpha value is -2.73. The molecule has 1 amide bonds. The van der Waals surface area contributed by atoms with Gasteiger partial charge in [-0.25, -0.2) is 4.98 Å². The van der Waals surface area contributed by atoms with Crippen molar-refractivity contribution in [3.8, 4) is 11.3 Å². The Kier molecular flexibility index (Phi) is 5.49. The topological polar surface area (TPSA) is 79.3 Å². The molecule has 2 aromatic carbocycles. The zero-order valence-corrected chi connectivity index (χ0v) is 19.4. The summed E-state index contributed by atoms with van der Waals surface area (Å²) in [6.45, 7) is 1.96. The van der Waals surface area contributed by atoms with Crippen LogP contribution in [0.5, 0.6) is 0 Å². The van der Waals surface area contributed by atoms with Crippen LogP contribution in [-0.4, -0.2) is 28.0 Å². The molecular formula is C26H25BrN2O3. The van der Waals surface area contributed by atoms with Gasteiger partial charge in [0.25, 0.3) is 5.91 Å². The monoisotopic (exact) mass is 492 g/mol. The minimum Gasteiger partial charge on any atom is -0.481 e. The number of carbonyl (C=O) groups is 2. The highest BCUT2D eigenvalue weighted by molar-refractivity contribution is 9.10. The number of pyridine rings is 1. The Labute approximate surface area is 195 Å². The van der Waals surface area contributed by atoms with Crippen LogP contribution in [0.25, 0.3) is 22.2 Å². The number of nitrogens with zero attached hydrogens (tertiary/aromatic N) is 1. The highest BCUT2D eigenvalue weighted by atomic mass is 79.9. The predicted octanol–water partition coefficient (Wildman–Crippen LogP) is 5.59. The predicted molar refractivity (Wildman–Crippen MR) is 127 cm³/mol. The van der Waals surface area contributed by atoms with Gasteiger partial charge in [-0.3, -0.25) is 9.59 Å². The molecule has 164 valence electrons. The summed E-state index contributed by atoms with van der Waals surface area (Å²) >= 11 is 3.54. The second-order valence-electron chi connectivity index (χ2n) is 9.09. The summed E-state index contributed by atoms with van der Waals surface area (Å²) in [6, 6.07) is 15.8. The quantitative estimate of drug-likeness (QED) is 0.497. The number of carbonyl (C=O) groups excluding carboxylic acids is 1. The number of halogens is 1. The zero-order chi connectivity index (χ0) is 22.4. The van der Waals surface area contributed by atoms with Crippen molar-refractivity contribution < 1.29 is 14.7 Å². The number of hydrogen-bond acceptors (Lipinski definition) is 3. The Morgan fingerprint density at radius 1 is 1.06 bits per heavy atom. The lowest BCUT2D eigenvalue weighted by molar-refractivity contribution is -0.143. The molecule has 1 heterocycles. The number of carboxylic acids is 1. The van der Waals surface area contributed by atoms with Crippen LogP contribution in [0.3, 0.4) is 0 Å². The molecule has 2 fully saturated rings. The number of fused-ring (bicyclic) bond motifs is 3. The van der Waals surface area contributed by atoms with E-state index < -0.39 is 5.97 Å². The molecule has 6 heteroatoms. The first-order valence-electron chi connectivity index (χ1n) is 11.1. The number of nitrogens with one attached hydrogen (secondary N) is 1. The van der Waals surface area contributed by atoms with Crippen molar-refractivity contribution >= 4 is 38.7 Å². The van der Waals surface area contributed by atoms with E-state index in [0.29, 0.717) is 18.4 Å². The molecule has 5 rings (SSSR count). The number of aromatic nitrogens is 1. The number of aliphatic carboxylic acids is 1. The summed E-state index contributed by atoms with van der Waals surface area (Å²) < 4.78 is 0.898. The van der Waals surface area contributed by atoms with Crippen molar-refractivity contribution in [3.63, 3.8) is 0 Å². The Balaban J connectivity index is 1.55. The summed E-state index contributed by atoms with van der Waals surface area (Å²) in [4.78, 5) is 30.1. The normalized spacial score (nSPS) is 24.4. The average Bonchev–Trinajstić information content (AvgIpc) is 3.00. The van der Waals surface area contributed by atoms with E-state index in [4.69, 9.17) is 4.98 Å². The van der Waals surface area contributed by atoms with Gasteiger partial charge in [-0.15, -0.1) is 0 Å². The average molecular weight is 493 g/mol. The maximum absolute atomic E-state index is 13.7. The van der Waals surface area contributed by atoms with Crippen molar-refractivity contribution in [1.29, 1.82) is 0 Å². The lowest BCUT2D eigenvalue weighted by atomic mass is 9.77. The van der Waals surface area contributed by atoms with E-state index >= 15 is 0 Å². The van der Waals surface area contributed by atoms with E-state index in [2.05, 4.69) is 21.2 Å². The minimum atomic E-state index is -0.708. The fourth-order valence-electron chi connectivity index (χ4n) is 5.69. The lowest BCUT2D eigenvalue weighted by Gasteiger charge is -2.34. The number of benzene rings is 2. The molecule has 32 heavy (non-hydrogen) atoms. The van der Waals surface area contributed by atoms with Crippen molar-refractivity contribution in [2.24, 2.45) is 17.8 Å². The number of carboxylic acid groups (broad SMARTS) is 1. The molecule has 0 saturated heterocycles. The first-order valence-corrected chi connectivity index (χ1v) is 11.9. The summed E-state index contributed by atoms with van der Waals surface area (Å²) in [5, 5.41) is 13.6. The molecule has 0 radical (unpaired) electrons. The Morgan fingerprint density at radius 2 is 1.75 bits per heavy atom. The van der Waals surface area contributed by atoms with Crippen molar-refractivity contribution in [1.82, 2.24) is 10.3 Å². The van der Waals surface area contributed by atoms with Gasteiger partial charge in [0, 0.05) is 21.5 Å². The largest absolute Gasteiger partial charge is 0.481 e. The summed E-state index contributed by atoms with van der Waals surface area (Å²) in [5.41, 5.74) is 4.06. The molecule has 1 aromatic heterocycles. The molecular weight excluding hydrogens is 468 g/mol. The van der Waals surface area contributed by atoms with Gasteiger partial charge in [-0.05, 0) is 68.2 Å². The second-order valence-corrected chi connectivity index (χ2v) is 10.0. The smallest absolute Gasteiger partial charge is 0.306 e. The highest BCUT2D eigenvalue weighted by Gasteiger charge is 2.45. The van der Waals surface area contributed by atoms with Crippen LogP contribution in [0, 0.1) is 24.7 Å². The van der Waals surface area contributed by atoms with Gasteiger partial charge >= 0.3 is 5.97 Å². The zero-order valence-electron chi connectivity index (χ0n) is 17.8. The standard InChI is InChI=1S/C26H25BrN2O3/c1-14-22(25(30)29-24-16-7-8-17(24)12-18(11-16)26(31)32)20-13-19(27)9-10-21(20)28-23(14)15-5-3-2-4-6-15/h2-6,9-10,13,16-18,24H,7-8,11-12H2,1H3,(H,29,30)(H,31,32)/t16-,17+,18-,24?. The Bertz CT molecular complexity index is 1200. The van der Waals surface area contributed by atoms with Gasteiger partial charge < -0.3 is 10.4 Å². The van der Waals surface area contributed by atoms with Crippen LogP contribution in [0.15, 0.2) is 53.0 Å². The second kappa shape index (κ2) is 8.32. The third kappa shape index (κ3) is 3.71. The highest BCUT2D eigenvalue weighted by Crippen LogP contribution is 2.45. The summed E-state index contributed by atoms with van der Waals surface area (Å²) in [7, 11) is 0. The number of hydrogen-bond donors (Lipinski definition) is 2. The van der Waals surface area contributed by atoms with Gasteiger partial charge in [-0.1, -0.05) is 46.3 Å². The van der Waals surface area contributed by atoms with E-state index in [1.54, 1.807) is 0 Å². The molecule has 1 unspecified atom stereocenters. The summed E-state index contributed by atoms with van der Waals surface area (Å²) in [5.74, 6) is -0.634. The molecule has 3 aromatic rings. The van der Waals surface area contributed by atoms with Gasteiger partial charge in [0.2, 0.25) is 0 Å². The SMILES string of the molecule is Cc1c(-c2ccccc2)nc2ccc(Br)cc2c1C(=O)NC1[C@@H]2CC[C@H]1C[C@H](C(=O)O)C2. The van der Waals surface area contributed by atoms with Crippen LogP contribution in [-0.2, 0) is 4.79 Å². The maximum Gasteiger partial charge on any atom is 0.306 e. The molecule has 0 aliphatic heterocycles. The van der Waals surface area contributed by atoms with E-state index in [0.717, 1.165) is 45.0 Å². The fraction of sp³-hybridized carbons (Fsp3) is 0.346. The van der Waals surface area contributed by atoms with Crippen molar-refractivity contribution in [2.45, 2.75) is 38.6 Å². The van der Waals surface area contributed by atoms with E-state index in [9.17, 15) is 14.7 Å². The van der Waals surface area contributed by atoms with Crippen LogP contribution >= 0.6 is 15.9 Å². The molecule has 2 saturated carbocycles. The van der Waals surface area contributed by atoms with Gasteiger partial charge in [0.15, 0.2) is 0 Å². The van der Waals surface area contributed by atoms with Crippen LogP contribution in [0.1, 0.15) is 41.6 Å². The number of amides is 1. The number of rotatable bonds is 4. The summed E-state index contributed by atoms with van der Waals surface area (Å²) in [6.07, 6.45) is 3.26. The molecule has 0 spiro atoms. The van der Waals surface area contributed by atoms with Gasteiger partial charge in [0.1, 0.15) is 0 Å². The van der Waals surface area contributed by atoms with Crippen LogP contribution < -0.4 is 5.32 Å². The van der Waals surface area contributed by atoms with E-state index in [1.807, 2.05) is 55.5 Å². The van der Waals surface area contributed by atoms with E-state index in [1.165, 1.54) is 0 Å². The maximum atomic E-state index is 13.7. The van der Waals surface area contributed by atoms with Gasteiger partial charge in [0.05, 0.1) is 22.7 Å². The minimum absolute atomic E-state index is 0.0352. The molecule has 2 N–H and O–H groups in total. The molecule has 4 atom stereocenters. The lowest BCUT2D eigenvalue weighted by Crippen LogP contribution is -2.46. The van der Waals surface area contributed by atoms with E-state index in [-0.39, 0.29) is 29.7 Å². The third-order valence-electron chi connectivity index (χ3n) is 7.21. The first-order chi connectivity index (χ1) is 15.4. The first kappa shape index (κ1) is 21.1. The third-order valence-corrected chi connectivity index (χ3v) is 7.70. The Morgan fingerprint density at radius 3 is 2.41 bits per heavy atom. The van der Waals surface area contributed by atoms with Crippen molar-refractivity contribution in [3.05, 3.63) is 64.1 Å². The fourth-order valence-corrected chi connectivity index (χ4v) is 6.05. The molecule has 2 bridgehead atoms. The molecule has 5 nitrogen and oxygen atoms in total. The van der Waals surface area contributed by atoms with Crippen LogP contribution in [0.2, 0.25) is 0 Å². The molecule has 2 aliphatic rings. The molecule has 2 aliphatic carbocycles. The van der Waals surface area contributed by atoms with Crippen LogP contribution in [0.4, 0.5) is 0 Å². The van der Waals surface area contributed by atoms with Gasteiger partial charge in [-0.2, -0.15) is 0 Å². The van der Waals surface area contributed by atoms with Crippen molar-refractivity contribution in [2.75, 3.05) is 0 Å².